The number of aliphatic hydroxyl groups excluding tert-OH is 6. The first-order chi connectivity index (χ1) is 10.2. The Morgan fingerprint density at radius 3 is 1.77 bits per heavy atom. The molecule has 0 amide bonds. The molecule has 6 N–H and O–H groups in total. The van der Waals surface area contributed by atoms with Crippen LogP contribution in [0.15, 0.2) is 0 Å². The van der Waals surface area contributed by atoms with E-state index in [-0.39, 0.29) is 6.42 Å². The molecule has 22 heavy (non-hydrogen) atoms. The third kappa shape index (κ3) is 4.57. The minimum absolute atomic E-state index is 0.300. The lowest BCUT2D eigenvalue weighted by atomic mass is 9.84. The van der Waals surface area contributed by atoms with Crippen molar-refractivity contribution in [3.63, 3.8) is 0 Å². The molecule has 0 saturated heterocycles. The first-order valence-corrected chi connectivity index (χ1v) is 8.00. The van der Waals surface area contributed by atoms with E-state index in [1.54, 1.807) is 0 Å². The first-order valence-electron chi connectivity index (χ1n) is 6.67. The molecule has 0 spiro atoms. The maximum atomic E-state index is 10.5. The number of hydrogen-bond donors (Lipinski definition) is 6. The van der Waals surface area contributed by atoms with Crippen LogP contribution < -0.4 is 0 Å². The Morgan fingerprint density at radius 2 is 1.45 bits per heavy atom. The summed E-state index contributed by atoms with van der Waals surface area (Å²) >= 11 is 0. The molecule has 0 bridgehead atoms. The van der Waals surface area contributed by atoms with E-state index in [1.807, 2.05) is 0 Å². The van der Waals surface area contributed by atoms with Gasteiger partial charge in [0.05, 0.1) is 24.9 Å². The summed E-state index contributed by atoms with van der Waals surface area (Å²) in [5.74, 6) is -2.47. The summed E-state index contributed by atoms with van der Waals surface area (Å²) in [7, 11) is -5.14. The molecular weight excluding hydrogens is 324 g/mol. The van der Waals surface area contributed by atoms with Gasteiger partial charge in [-0.25, -0.2) is 8.42 Å². The lowest BCUT2D eigenvalue weighted by molar-refractivity contribution is -0.0272. The zero-order valence-electron chi connectivity index (χ0n) is 11.6. The quantitative estimate of drug-likeness (QED) is 0.188. The molecule has 1 aliphatic carbocycles. The molecule has 0 aromatic rings. The summed E-state index contributed by atoms with van der Waals surface area (Å²) in [5, 5.41) is 57.0. The third-order valence-corrected chi connectivity index (χ3v) is 4.60. The Labute approximate surface area is 127 Å². The van der Waals surface area contributed by atoms with Crippen molar-refractivity contribution in [2.24, 2.45) is 17.8 Å². The molecule has 6 atom stereocenters. The van der Waals surface area contributed by atoms with Crippen molar-refractivity contribution >= 4 is 10.4 Å². The van der Waals surface area contributed by atoms with Crippen LogP contribution in [0.25, 0.3) is 0 Å². The van der Waals surface area contributed by atoms with E-state index >= 15 is 0 Å². The van der Waals surface area contributed by atoms with Crippen LogP contribution in [0.3, 0.4) is 0 Å². The second-order valence-corrected chi connectivity index (χ2v) is 6.38. The fourth-order valence-electron chi connectivity index (χ4n) is 2.97. The molecule has 0 aromatic heterocycles. The molecular formula is C11H21O10S-. The van der Waals surface area contributed by atoms with E-state index in [1.165, 1.54) is 0 Å². The molecule has 0 aliphatic heterocycles. The molecule has 1 saturated carbocycles. The Bertz CT molecular complexity index is 424. The van der Waals surface area contributed by atoms with E-state index in [2.05, 4.69) is 4.18 Å². The Hall–Kier alpha value is -0.370. The normalized spacial score (nSPS) is 35.5. The highest BCUT2D eigenvalue weighted by Gasteiger charge is 2.49. The Morgan fingerprint density at radius 1 is 1.00 bits per heavy atom. The standard InChI is InChI=1S/C11H22O10S/c12-2-6-5(7(3-13)11(17)10(6)16)1-8(15)9(4-14)21-22(18,19)20/h5-17H,1-4H2,(H,18,19,20)/p-1/t6-,7-,8+,9-,10-,11-/m1/s1. The van der Waals surface area contributed by atoms with Gasteiger partial charge in [0.15, 0.2) is 0 Å². The predicted molar refractivity (Wildman–Crippen MR) is 68.9 cm³/mol. The van der Waals surface area contributed by atoms with Crippen molar-refractivity contribution in [1.29, 1.82) is 0 Å². The topological polar surface area (TPSA) is 188 Å². The molecule has 132 valence electrons. The van der Waals surface area contributed by atoms with Gasteiger partial charge in [-0.1, -0.05) is 0 Å². The van der Waals surface area contributed by atoms with Gasteiger partial charge in [0, 0.05) is 25.0 Å². The van der Waals surface area contributed by atoms with Gasteiger partial charge < -0.3 is 35.2 Å². The lowest BCUT2D eigenvalue weighted by Gasteiger charge is -2.29. The molecule has 1 aliphatic rings. The SMILES string of the molecule is O=S(=O)([O-])O[C@H](CO)[C@@H](O)CC1[C@@H](CO)[C@@H](O)[C@H](O)[C@@H]1CO. The van der Waals surface area contributed by atoms with Crippen LogP contribution in [-0.4, -0.2) is 87.8 Å². The molecule has 0 unspecified atom stereocenters. The van der Waals surface area contributed by atoms with Crippen LogP contribution in [-0.2, 0) is 14.6 Å². The van der Waals surface area contributed by atoms with Gasteiger partial charge in [0.25, 0.3) is 0 Å². The van der Waals surface area contributed by atoms with Gasteiger partial charge in [0.1, 0.15) is 6.10 Å². The highest BCUT2D eigenvalue weighted by Crippen LogP contribution is 2.40. The Balaban J connectivity index is 2.84. The van der Waals surface area contributed by atoms with Gasteiger partial charge in [-0.3, -0.25) is 4.18 Å². The second-order valence-electron chi connectivity index (χ2n) is 5.37. The second kappa shape index (κ2) is 7.95. The molecule has 0 heterocycles. The lowest BCUT2D eigenvalue weighted by Crippen LogP contribution is -2.38. The van der Waals surface area contributed by atoms with Crippen molar-refractivity contribution in [3.05, 3.63) is 0 Å². The molecule has 0 radical (unpaired) electrons. The van der Waals surface area contributed by atoms with Crippen LogP contribution in [0, 0.1) is 17.8 Å². The molecule has 11 heteroatoms. The van der Waals surface area contributed by atoms with E-state index < -0.39 is 72.4 Å². The summed E-state index contributed by atoms with van der Waals surface area (Å²) in [6.45, 7) is -2.01. The van der Waals surface area contributed by atoms with Gasteiger partial charge in [-0.15, -0.1) is 0 Å². The minimum atomic E-state index is -5.14. The predicted octanol–water partition coefficient (Wildman–Crippen LogP) is -3.86. The van der Waals surface area contributed by atoms with Crippen molar-refractivity contribution < 1.29 is 47.8 Å². The van der Waals surface area contributed by atoms with Crippen molar-refractivity contribution in [1.82, 2.24) is 0 Å². The highest BCUT2D eigenvalue weighted by molar-refractivity contribution is 7.80. The number of rotatable bonds is 8. The van der Waals surface area contributed by atoms with E-state index in [0.29, 0.717) is 0 Å². The van der Waals surface area contributed by atoms with Gasteiger partial charge in [-0.05, 0) is 12.3 Å². The minimum Gasteiger partial charge on any atom is -0.726 e. The van der Waals surface area contributed by atoms with E-state index in [4.69, 9.17) is 5.11 Å². The van der Waals surface area contributed by atoms with Crippen molar-refractivity contribution in [3.8, 4) is 0 Å². The Kier molecular flexibility index (Phi) is 7.11. The smallest absolute Gasteiger partial charge is 0.218 e. The average molecular weight is 345 g/mol. The van der Waals surface area contributed by atoms with Crippen LogP contribution in [0.1, 0.15) is 6.42 Å². The maximum Gasteiger partial charge on any atom is 0.218 e. The fraction of sp³-hybridized carbons (Fsp3) is 1.00. The zero-order chi connectivity index (χ0) is 17.1. The monoisotopic (exact) mass is 345 g/mol. The van der Waals surface area contributed by atoms with Crippen LogP contribution in [0.2, 0.25) is 0 Å². The van der Waals surface area contributed by atoms with Gasteiger partial charge in [0.2, 0.25) is 10.4 Å². The van der Waals surface area contributed by atoms with Crippen molar-refractivity contribution in [2.75, 3.05) is 19.8 Å². The molecule has 0 aromatic carbocycles. The maximum absolute atomic E-state index is 10.5. The number of aliphatic hydroxyl groups is 6. The summed E-state index contributed by atoms with van der Waals surface area (Å²) in [5.41, 5.74) is 0. The molecule has 10 nitrogen and oxygen atoms in total. The first kappa shape index (κ1) is 19.7. The fourth-order valence-corrected chi connectivity index (χ4v) is 3.46. The van der Waals surface area contributed by atoms with Gasteiger partial charge >= 0.3 is 0 Å². The van der Waals surface area contributed by atoms with Gasteiger partial charge in [-0.2, -0.15) is 0 Å². The summed E-state index contributed by atoms with van der Waals surface area (Å²) in [6, 6.07) is 0. The molecule has 1 fully saturated rings. The van der Waals surface area contributed by atoms with E-state index in [9.17, 15) is 38.5 Å². The van der Waals surface area contributed by atoms with Crippen molar-refractivity contribution in [2.45, 2.75) is 30.8 Å². The average Bonchev–Trinajstić information content (AvgIpc) is 2.66. The largest absolute Gasteiger partial charge is 0.726 e. The van der Waals surface area contributed by atoms with Crippen LogP contribution >= 0.6 is 0 Å². The van der Waals surface area contributed by atoms with E-state index in [0.717, 1.165) is 0 Å². The molecule has 1 rings (SSSR count). The summed E-state index contributed by atoms with van der Waals surface area (Å²) in [6.07, 6.45) is -6.27. The number of hydrogen-bond acceptors (Lipinski definition) is 10. The third-order valence-electron chi connectivity index (χ3n) is 4.11. The summed E-state index contributed by atoms with van der Waals surface area (Å²) in [4.78, 5) is 0. The van der Waals surface area contributed by atoms with Crippen LogP contribution in [0.5, 0.6) is 0 Å². The summed E-state index contributed by atoms with van der Waals surface area (Å²) < 4.78 is 35.6. The highest BCUT2D eigenvalue weighted by atomic mass is 32.3. The van der Waals surface area contributed by atoms with Crippen LogP contribution in [0.4, 0.5) is 0 Å². The zero-order valence-corrected chi connectivity index (χ0v) is 12.4.